The Morgan fingerprint density at radius 2 is 2.00 bits per heavy atom. The number of carbonyl (C=O) groups is 2. The summed E-state index contributed by atoms with van der Waals surface area (Å²) >= 11 is 0. The number of hydrogen-bond donors (Lipinski definition) is 2. The number of amides is 1. The predicted octanol–water partition coefficient (Wildman–Crippen LogP) is 3.02. The Labute approximate surface area is 138 Å². The van der Waals surface area contributed by atoms with E-state index in [0.717, 1.165) is 24.2 Å². The van der Waals surface area contributed by atoms with Crippen LogP contribution in [0.5, 0.6) is 5.75 Å². The van der Waals surface area contributed by atoms with Gasteiger partial charge < -0.3 is 15.2 Å². The predicted molar refractivity (Wildman–Crippen MR) is 89.6 cm³/mol. The van der Waals surface area contributed by atoms with Crippen molar-refractivity contribution in [2.45, 2.75) is 52.0 Å². The molecule has 0 heterocycles. The van der Waals surface area contributed by atoms with Crippen LogP contribution in [0.1, 0.15) is 45.1 Å². The van der Waals surface area contributed by atoms with Crippen LogP contribution in [0, 0.1) is 5.92 Å². The number of carboxylic acids is 1. The third-order valence-corrected chi connectivity index (χ3v) is 3.77. The van der Waals surface area contributed by atoms with Crippen molar-refractivity contribution in [2.75, 3.05) is 7.11 Å². The molecule has 1 unspecified atom stereocenters. The maximum atomic E-state index is 12.1. The van der Waals surface area contributed by atoms with E-state index in [1.54, 1.807) is 7.11 Å². The lowest BCUT2D eigenvalue weighted by atomic mass is 9.97. The molecule has 128 valence electrons. The molecule has 0 saturated heterocycles. The fraction of sp³-hybridized carbons (Fsp3) is 0.556. The second-order valence-electron chi connectivity index (χ2n) is 5.93. The first kappa shape index (κ1) is 19.0. The van der Waals surface area contributed by atoms with E-state index in [1.165, 1.54) is 0 Å². The normalized spacial score (nSPS) is 13.2. The fourth-order valence-electron chi connectivity index (χ4n) is 2.55. The molecule has 1 amide bonds. The highest BCUT2D eigenvalue weighted by Gasteiger charge is 2.20. The number of methoxy groups -OCH3 is 1. The summed E-state index contributed by atoms with van der Waals surface area (Å²) in [6, 6.07) is 6.93. The minimum Gasteiger partial charge on any atom is -0.496 e. The van der Waals surface area contributed by atoms with E-state index < -0.39 is 12.0 Å². The summed E-state index contributed by atoms with van der Waals surface area (Å²) in [6.07, 6.45) is 3.18. The summed E-state index contributed by atoms with van der Waals surface area (Å²) in [5, 5.41) is 11.8. The molecule has 0 aliphatic heterocycles. The van der Waals surface area contributed by atoms with E-state index in [9.17, 15) is 9.59 Å². The number of unbranched alkanes of at least 4 members (excludes halogenated alkanes) is 1. The van der Waals surface area contributed by atoms with Crippen molar-refractivity contribution in [3.8, 4) is 5.75 Å². The zero-order chi connectivity index (χ0) is 17.2. The number of rotatable bonds is 10. The summed E-state index contributed by atoms with van der Waals surface area (Å²) in [4.78, 5) is 23.2. The van der Waals surface area contributed by atoms with E-state index in [1.807, 2.05) is 38.1 Å². The van der Waals surface area contributed by atoms with Gasteiger partial charge in [-0.2, -0.15) is 0 Å². The fourth-order valence-corrected chi connectivity index (χ4v) is 2.55. The highest BCUT2D eigenvalue weighted by atomic mass is 16.5. The largest absolute Gasteiger partial charge is 0.496 e. The quantitative estimate of drug-likeness (QED) is 0.694. The second kappa shape index (κ2) is 9.87. The van der Waals surface area contributed by atoms with Gasteiger partial charge in [0.25, 0.3) is 0 Å². The molecule has 2 N–H and O–H groups in total. The monoisotopic (exact) mass is 321 g/mol. The molecule has 1 rings (SSSR count). The smallest absolute Gasteiger partial charge is 0.326 e. The molecule has 5 heteroatoms. The first-order valence-corrected chi connectivity index (χ1v) is 8.12. The van der Waals surface area contributed by atoms with Crippen LogP contribution < -0.4 is 10.1 Å². The molecule has 0 radical (unpaired) electrons. The summed E-state index contributed by atoms with van der Waals surface area (Å²) < 4.78 is 5.31. The van der Waals surface area contributed by atoms with Crippen LogP contribution in [0.4, 0.5) is 0 Å². The van der Waals surface area contributed by atoms with Crippen LogP contribution in [0.25, 0.3) is 0 Å². The first-order chi connectivity index (χ1) is 11.0. The summed E-state index contributed by atoms with van der Waals surface area (Å²) in [7, 11) is 1.63. The number of ether oxygens (including phenoxy) is 1. The minimum atomic E-state index is -0.968. The molecule has 0 bridgehead atoms. The lowest BCUT2D eigenvalue weighted by Crippen LogP contribution is -2.41. The Hall–Kier alpha value is -2.04. The van der Waals surface area contributed by atoms with E-state index in [2.05, 4.69) is 5.32 Å². The SMILES string of the molecule is CCCC[C@H](NC(=O)CC(C)Cc1ccccc1OC)C(=O)O. The summed E-state index contributed by atoms with van der Waals surface area (Å²) in [6.45, 7) is 3.98. The van der Waals surface area contributed by atoms with Crippen molar-refractivity contribution in [3.05, 3.63) is 29.8 Å². The number of carboxylic acid groups (broad SMARTS) is 1. The molecule has 1 aromatic carbocycles. The van der Waals surface area contributed by atoms with Crippen LogP contribution in [-0.4, -0.2) is 30.1 Å². The molecule has 0 fully saturated rings. The molecular formula is C18H27NO4. The Kier molecular flexibility index (Phi) is 8.16. The van der Waals surface area contributed by atoms with Gasteiger partial charge in [-0.3, -0.25) is 4.79 Å². The number of hydrogen-bond acceptors (Lipinski definition) is 3. The van der Waals surface area contributed by atoms with Crippen LogP contribution >= 0.6 is 0 Å². The molecule has 1 aromatic rings. The van der Waals surface area contributed by atoms with Crippen molar-refractivity contribution in [1.29, 1.82) is 0 Å². The van der Waals surface area contributed by atoms with E-state index in [-0.39, 0.29) is 11.8 Å². The molecule has 0 aliphatic rings. The van der Waals surface area contributed by atoms with Crippen LogP contribution in [-0.2, 0) is 16.0 Å². The Morgan fingerprint density at radius 1 is 1.30 bits per heavy atom. The summed E-state index contributed by atoms with van der Waals surface area (Å²) in [5.74, 6) is -0.266. The molecular weight excluding hydrogens is 294 g/mol. The van der Waals surface area contributed by atoms with Crippen LogP contribution in [0.2, 0.25) is 0 Å². The molecule has 0 aromatic heterocycles. The van der Waals surface area contributed by atoms with Gasteiger partial charge in [-0.15, -0.1) is 0 Å². The van der Waals surface area contributed by atoms with Gasteiger partial charge in [-0.1, -0.05) is 44.9 Å². The average molecular weight is 321 g/mol. The third kappa shape index (κ3) is 6.72. The maximum Gasteiger partial charge on any atom is 0.326 e. The van der Waals surface area contributed by atoms with Gasteiger partial charge in [-0.05, 0) is 30.4 Å². The molecule has 0 saturated carbocycles. The number of carbonyl (C=O) groups excluding carboxylic acids is 1. The number of para-hydroxylation sites is 1. The zero-order valence-electron chi connectivity index (χ0n) is 14.2. The van der Waals surface area contributed by atoms with Gasteiger partial charge >= 0.3 is 5.97 Å². The van der Waals surface area contributed by atoms with Gasteiger partial charge in [-0.25, -0.2) is 4.79 Å². The highest BCUT2D eigenvalue weighted by molar-refractivity contribution is 5.83. The van der Waals surface area contributed by atoms with Crippen molar-refractivity contribution in [3.63, 3.8) is 0 Å². The highest BCUT2D eigenvalue weighted by Crippen LogP contribution is 2.22. The van der Waals surface area contributed by atoms with Gasteiger partial charge in [0.2, 0.25) is 5.91 Å². The lowest BCUT2D eigenvalue weighted by Gasteiger charge is -2.17. The zero-order valence-corrected chi connectivity index (χ0v) is 14.2. The molecule has 23 heavy (non-hydrogen) atoms. The first-order valence-electron chi connectivity index (χ1n) is 8.12. The van der Waals surface area contributed by atoms with Gasteiger partial charge in [0.1, 0.15) is 11.8 Å². The molecule has 2 atom stereocenters. The Balaban J connectivity index is 2.53. The van der Waals surface area contributed by atoms with Crippen molar-refractivity contribution in [1.82, 2.24) is 5.32 Å². The van der Waals surface area contributed by atoms with Crippen molar-refractivity contribution < 1.29 is 19.4 Å². The number of nitrogens with one attached hydrogen (secondary N) is 1. The maximum absolute atomic E-state index is 12.1. The van der Waals surface area contributed by atoms with Gasteiger partial charge in [0.15, 0.2) is 0 Å². The molecule has 0 spiro atoms. The van der Waals surface area contributed by atoms with Crippen molar-refractivity contribution >= 4 is 11.9 Å². The average Bonchev–Trinajstić information content (AvgIpc) is 2.51. The van der Waals surface area contributed by atoms with Crippen LogP contribution in [0.15, 0.2) is 24.3 Å². The number of benzene rings is 1. The van der Waals surface area contributed by atoms with Crippen LogP contribution in [0.3, 0.4) is 0 Å². The third-order valence-electron chi connectivity index (χ3n) is 3.77. The standard InChI is InChI=1S/C18H27NO4/c1-4-5-9-15(18(21)22)19-17(20)12-13(2)11-14-8-6-7-10-16(14)23-3/h6-8,10,13,15H,4-5,9,11-12H2,1-3H3,(H,19,20)(H,21,22)/t13?,15-/m0/s1. The van der Waals surface area contributed by atoms with E-state index in [4.69, 9.17) is 9.84 Å². The minimum absolute atomic E-state index is 0.104. The van der Waals surface area contributed by atoms with Gasteiger partial charge in [0, 0.05) is 6.42 Å². The Bertz CT molecular complexity index is 515. The van der Waals surface area contributed by atoms with E-state index in [0.29, 0.717) is 19.3 Å². The second-order valence-corrected chi connectivity index (χ2v) is 5.93. The molecule has 5 nitrogen and oxygen atoms in total. The Morgan fingerprint density at radius 3 is 2.61 bits per heavy atom. The molecule has 0 aliphatic carbocycles. The van der Waals surface area contributed by atoms with E-state index >= 15 is 0 Å². The van der Waals surface area contributed by atoms with Crippen molar-refractivity contribution in [2.24, 2.45) is 5.92 Å². The summed E-state index contributed by atoms with van der Waals surface area (Å²) in [5.41, 5.74) is 1.05. The number of aliphatic carboxylic acids is 1. The topological polar surface area (TPSA) is 75.6 Å². The lowest BCUT2D eigenvalue weighted by molar-refractivity contribution is -0.142. The van der Waals surface area contributed by atoms with Gasteiger partial charge in [0.05, 0.1) is 7.11 Å².